The fourth-order valence-corrected chi connectivity index (χ4v) is 4.98. The average molecular weight is 451 g/mol. The van der Waals surface area contributed by atoms with Gasteiger partial charge in [0.1, 0.15) is 5.75 Å². The van der Waals surface area contributed by atoms with Gasteiger partial charge in [-0.2, -0.15) is 4.99 Å². The van der Waals surface area contributed by atoms with E-state index in [2.05, 4.69) is 4.99 Å². The van der Waals surface area contributed by atoms with Crippen LogP contribution in [0, 0.1) is 0 Å². The number of nitrogens with zero attached hydrogens (tertiary/aromatic N) is 2. The molecule has 0 saturated carbocycles. The van der Waals surface area contributed by atoms with E-state index in [1.807, 2.05) is 47.0 Å². The zero-order chi connectivity index (χ0) is 20.6. The van der Waals surface area contributed by atoms with Crippen molar-refractivity contribution < 1.29 is 14.3 Å². The van der Waals surface area contributed by atoms with Gasteiger partial charge in [-0.15, -0.1) is 11.8 Å². The van der Waals surface area contributed by atoms with Crippen LogP contribution in [0.3, 0.4) is 0 Å². The molecule has 1 heterocycles. The lowest BCUT2D eigenvalue weighted by Crippen LogP contribution is -2.19. The van der Waals surface area contributed by atoms with Crippen LogP contribution >= 0.6 is 34.7 Å². The van der Waals surface area contributed by atoms with E-state index in [9.17, 15) is 4.79 Å². The normalized spacial score (nSPS) is 11.9. The third-order valence-electron chi connectivity index (χ3n) is 4.25. The van der Waals surface area contributed by atoms with E-state index >= 15 is 0 Å². The number of rotatable bonds is 9. The molecule has 3 aromatic rings. The number of hydrogen-bond donors (Lipinski definition) is 0. The molecule has 0 fully saturated rings. The minimum atomic E-state index is -0.107. The molecular formula is C21H23ClN2O3S2. The lowest BCUT2D eigenvalue weighted by molar-refractivity contribution is -0.118. The SMILES string of the molecule is COCCn1c(=NC(=O)CCCSc2ccc(OC)cc2)sc2cc(Cl)ccc21. The predicted molar refractivity (Wildman–Crippen MR) is 120 cm³/mol. The number of ether oxygens (including phenoxy) is 2. The number of fused-ring (bicyclic) bond motifs is 1. The molecule has 0 N–H and O–H groups in total. The fraction of sp³-hybridized carbons (Fsp3) is 0.333. The molecule has 0 spiro atoms. The van der Waals surface area contributed by atoms with E-state index in [-0.39, 0.29) is 5.91 Å². The minimum absolute atomic E-state index is 0.107. The van der Waals surface area contributed by atoms with Crippen molar-refractivity contribution in [2.45, 2.75) is 24.3 Å². The Balaban J connectivity index is 1.63. The minimum Gasteiger partial charge on any atom is -0.497 e. The fourth-order valence-electron chi connectivity index (χ4n) is 2.78. The maximum absolute atomic E-state index is 12.4. The molecule has 2 aromatic carbocycles. The third-order valence-corrected chi connectivity index (χ3v) is 6.62. The number of methoxy groups -OCH3 is 2. The van der Waals surface area contributed by atoms with Crippen molar-refractivity contribution in [2.24, 2.45) is 4.99 Å². The maximum atomic E-state index is 12.4. The van der Waals surface area contributed by atoms with Gasteiger partial charge >= 0.3 is 0 Å². The first kappa shape index (κ1) is 21.9. The molecule has 0 aliphatic rings. The van der Waals surface area contributed by atoms with Crippen LogP contribution in [0.15, 0.2) is 52.4 Å². The molecule has 154 valence electrons. The highest BCUT2D eigenvalue weighted by atomic mass is 35.5. The van der Waals surface area contributed by atoms with Crippen LogP contribution < -0.4 is 9.54 Å². The molecule has 0 aliphatic carbocycles. The number of hydrogen-bond acceptors (Lipinski definition) is 5. The summed E-state index contributed by atoms with van der Waals surface area (Å²) in [5.74, 6) is 1.60. The summed E-state index contributed by atoms with van der Waals surface area (Å²) in [4.78, 5) is 18.6. The summed E-state index contributed by atoms with van der Waals surface area (Å²) < 4.78 is 13.4. The predicted octanol–water partition coefficient (Wildman–Crippen LogP) is 5.01. The molecule has 8 heteroatoms. The standard InChI is InChI=1S/C21H23ClN2O3S2/c1-26-12-11-24-18-10-5-15(22)14-19(18)29-21(24)23-20(25)4-3-13-28-17-8-6-16(27-2)7-9-17/h5-10,14H,3-4,11-13H2,1-2H3. The summed E-state index contributed by atoms with van der Waals surface area (Å²) in [6.07, 6.45) is 1.19. The lowest BCUT2D eigenvalue weighted by atomic mass is 10.3. The van der Waals surface area contributed by atoms with Crippen LogP contribution in [0.4, 0.5) is 0 Å². The quantitative estimate of drug-likeness (QED) is 0.339. The van der Waals surface area contributed by atoms with Crippen molar-refractivity contribution in [2.75, 3.05) is 26.6 Å². The van der Waals surface area contributed by atoms with Gasteiger partial charge in [0.15, 0.2) is 4.80 Å². The van der Waals surface area contributed by atoms with E-state index < -0.39 is 0 Å². The van der Waals surface area contributed by atoms with Gasteiger partial charge in [0.05, 0.1) is 23.9 Å². The van der Waals surface area contributed by atoms with Crippen LogP contribution in [0.2, 0.25) is 5.02 Å². The van der Waals surface area contributed by atoms with Crippen LogP contribution in [0.5, 0.6) is 5.75 Å². The smallest absolute Gasteiger partial charge is 0.248 e. The van der Waals surface area contributed by atoms with Gasteiger partial charge in [0.25, 0.3) is 0 Å². The average Bonchev–Trinajstić information content (AvgIpc) is 3.05. The molecule has 5 nitrogen and oxygen atoms in total. The number of carbonyl (C=O) groups excluding carboxylic acids is 1. The van der Waals surface area contributed by atoms with E-state index in [4.69, 9.17) is 21.1 Å². The van der Waals surface area contributed by atoms with E-state index in [1.54, 1.807) is 26.0 Å². The number of halogens is 1. The Kier molecular flexibility index (Phi) is 8.18. The molecule has 0 aliphatic heterocycles. The summed E-state index contributed by atoms with van der Waals surface area (Å²) in [6.45, 7) is 1.19. The highest BCUT2D eigenvalue weighted by molar-refractivity contribution is 7.99. The van der Waals surface area contributed by atoms with Gasteiger partial charge in [0.2, 0.25) is 5.91 Å². The van der Waals surface area contributed by atoms with E-state index in [0.29, 0.717) is 29.4 Å². The molecule has 0 unspecified atom stereocenters. The Bertz CT molecular complexity index is 1030. The highest BCUT2D eigenvalue weighted by Crippen LogP contribution is 2.23. The summed E-state index contributed by atoms with van der Waals surface area (Å²) in [6, 6.07) is 13.6. The van der Waals surface area contributed by atoms with Gasteiger partial charge in [-0.1, -0.05) is 22.9 Å². The highest BCUT2D eigenvalue weighted by Gasteiger charge is 2.09. The number of thioether (sulfide) groups is 1. The number of aromatic nitrogens is 1. The van der Waals surface area contributed by atoms with Gasteiger partial charge in [0, 0.05) is 30.0 Å². The molecular weight excluding hydrogens is 428 g/mol. The van der Waals surface area contributed by atoms with E-state index in [1.165, 1.54) is 11.3 Å². The van der Waals surface area contributed by atoms with Gasteiger partial charge in [-0.25, -0.2) is 0 Å². The third kappa shape index (κ3) is 6.09. The van der Waals surface area contributed by atoms with Crippen molar-refractivity contribution in [3.05, 3.63) is 52.3 Å². The lowest BCUT2D eigenvalue weighted by Gasteiger charge is -2.04. The summed E-state index contributed by atoms with van der Waals surface area (Å²) in [7, 11) is 3.32. The zero-order valence-corrected chi connectivity index (χ0v) is 18.8. The van der Waals surface area contributed by atoms with Crippen molar-refractivity contribution >= 4 is 50.8 Å². The second-order valence-electron chi connectivity index (χ2n) is 6.27. The Morgan fingerprint density at radius 1 is 1.21 bits per heavy atom. The Morgan fingerprint density at radius 2 is 2.00 bits per heavy atom. The van der Waals surface area contributed by atoms with Crippen LogP contribution in [-0.4, -0.2) is 37.1 Å². The topological polar surface area (TPSA) is 52.8 Å². The van der Waals surface area contributed by atoms with Crippen molar-refractivity contribution in [3.63, 3.8) is 0 Å². The van der Waals surface area contributed by atoms with Crippen LogP contribution in [0.25, 0.3) is 10.2 Å². The molecule has 1 aromatic heterocycles. The molecule has 29 heavy (non-hydrogen) atoms. The molecule has 0 atom stereocenters. The monoisotopic (exact) mass is 450 g/mol. The zero-order valence-electron chi connectivity index (χ0n) is 16.4. The first-order valence-corrected chi connectivity index (χ1v) is 11.4. The summed E-state index contributed by atoms with van der Waals surface area (Å²) >= 11 is 9.31. The van der Waals surface area contributed by atoms with Crippen molar-refractivity contribution in [1.82, 2.24) is 4.57 Å². The summed E-state index contributed by atoms with van der Waals surface area (Å²) in [5.41, 5.74) is 1.01. The van der Waals surface area contributed by atoms with E-state index in [0.717, 1.165) is 33.0 Å². The van der Waals surface area contributed by atoms with Gasteiger partial charge in [-0.3, -0.25) is 4.79 Å². The molecule has 3 rings (SSSR count). The van der Waals surface area contributed by atoms with Crippen LogP contribution in [-0.2, 0) is 16.1 Å². The maximum Gasteiger partial charge on any atom is 0.248 e. The van der Waals surface area contributed by atoms with Crippen molar-refractivity contribution in [1.29, 1.82) is 0 Å². The second-order valence-corrected chi connectivity index (χ2v) is 8.89. The molecule has 0 saturated heterocycles. The number of carbonyl (C=O) groups is 1. The number of benzene rings is 2. The Labute approximate surface area is 183 Å². The van der Waals surface area contributed by atoms with Crippen molar-refractivity contribution in [3.8, 4) is 5.75 Å². The first-order valence-electron chi connectivity index (χ1n) is 9.23. The Hall–Kier alpha value is -1.80. The molecule has 0 bridgehead atoms. The summed E-state index contributed by atoms with van der Waals surface area (Å²) in [5, 5.41) is 0.672. The number of thiazole rings is 1. The van der Waals surface area contributed by atoms with Crippen LogP contribution in [0.1, 0.15) is 12.8 Å². The Morgan fingerprint density at radius 3 is 2.72 bits per heavy atom. The van der Waals surface area contributed by atoms with Gasteiger partial charge < -0.3 is 14.0 Å². The van der Waals surface area contributed by atoms with Gasteiger partial charge in [-0.05, 0) is 54.6 Å². The second kappa shape index (κ2) is 10.8. The largest absolute Gasteiger partial charge is 0.497 e. The first-order chi connectivity index (χ1) is 14.1. The molecule has 1 amide bonds. The number of amides is 1. The molecule has 0 radical (unpaired) electrons.